The Morgan fingerprint density at radius 2 is 1.48 bits per heavy atom. The summed E-state index contributed by atoms with van der Waals surface area (Å²) in [4.78, 5) is 28.8. The first-order valence-electron chi connectivity index (χ1n) is 9.62. The highest BCUT2D eigenvalue weighted by molar-refractivity contribution is 5.94. The summed E-state index contributed by atoms with van der Waals surface area (Å²) in [6.45, 7) is 2.75. The van der Waals surface area contributed by atoms with E-state index in [1.165, 1.54) is 7.11 Å². The van der Waals surface area contributed by atoms with E-state index in [-0.39, 0.29) is 11.9 Å². The van der Waals surface area contributed by atoms with Gasteiger partial charge in [0.2, 0.25) is 0 Å². The second kappa shape index (κ2) is 8.22. The minimum absolute atomic E-state index is 0.0666. The Bertz CT molecular complexity index is 991. The number of amides is 1. The normalized spacial score (nSPS) is 14.0. The summed E-state index contributed by atoms with van der Waals surface area (Å²) in [6, 6.07) is 18.9. The molecule has 4 rings (SSSR count). The van der Waals surface area contributed by atoms with Crippen molar-refractivity contribution in [2.75, 3.05) is 38.2 Å². The fourth-order valence-electron chi connectivity index (χ4n) is 3.65. The van der Waals surface area contributed by atoms with Crippen LogP contribution in [-0.2, 0) is 4.74 Å². The molecule has 0 bridgehead atoms. The first kappa shape index (κ1) is 18.8. The van der Waals surface area contributed by atoms with Crippen molar-refractivity contribution in [2.45, 2.75) is 0 Å². The highest BCUT2D eigenvalue weighted by Gasteiger charge is 2.24. The number of aromatic nitrogens is 1. The third-order valence-corrected chi connectivity index (χ3v) is 5.21. The van der Waals surface area contributed by atoms with Crippen LogP contribution in [-0.4, -0.2) is 54.6 Å². The number of hydrogen-bond donors (Lipinski definition) is 0. The van der Waals surface area contributed by atoms with Crippen LogP contribution in [0.3, 0.4) is 0 Å². The molecule has 3 aromatic rings. The molecule has 0 N–H and O–H groups in total. The van der Waals surface area contributed by atoms with Gasteiger partial charge in [0, 0.05) is 44.1 Å². The standard InChI is InChI=1S/C23H23N3O3/c1-29-23(28)19-9-10-20(21(17-19)24-11-5-6-12-24)25-13-15-26(16-14-25)22(27)18-7-3-2-4-8-18/h2-12,17H,13-16H2,1H3. The van der Waals surface area contributed by atoms with Gasteiger partial charge in [-0.15, -0.1) is 0 Å². The van der Waals surface area contributed by atoms with Gasteiger partial charge in [0.25, 0.3) is 5.91 Å². The molecule has 2 heterocycles. The Kier molecular flexibility index (Phi) is 5.33. The van der Waals surface area contributed by atoms with Gasteiger partial charge in [-0.3, -0.25) is 4.79 Å². The molecule has 0 unspecified atom stereocenters. The van der Waals surface area contributed by atoms with Crippen molar-refractivity contribution in [3.63, 3.8) is 0 Å². The minimum Gasteiger partial charge on any atom is -0.465 e. The molecule has 1 amide bonds. The smallest absolute Gasteiger partial charge is 0.337 e. The SMILES string of the molecule is COC(=O)c1ccc(N2CCN(C(=O)c3ccccc3)CC2)c(-n2cccc2)c1. The molecule has 0 spiro atoms. The van der Waals surface area contributed by atoms with E-state index in [0.29, 0.717) is 18.7 Å². The number of benzene rings is 2. The van der Waals surface area contributed by atoms with Crippen LogP contribution in [0.15, 0.2) is 73.1 Å². The van der Waals surface area contributed by atoms with Crippen molar-refractivity contribution in [2.24, 2.45) is 0 Å². The number of carbonyl (C=O) groups is 2. The highest BCUT2D eigenvalue weighted by Crippen LogP contribution is 2.28. The molecular weight excluding hydrogens is 366 g/mol. The largest absolute Gasteiger partial charge is 0.465 e. The number of hydrogen-bond acceptors (Lipinski definition) is 4. The zero-order valence-electron chi connectivity index (χ0n) is 16.3. The quantitative estimate of drug-likeness (QED) is 0.643. The number of anilines is 1. The van der Waals surface area contributed by atoms with Gasteiger partial charge < -0.3 is 19.1 Å². The Balaban J connectivity index is 1.55. The molecule has 1 saturated heterocycles. The molecule has 29 heavy (non-hydrogen) atoms. The molecule has 1 fully saturated rings. The van der Waals surface area contributed by atoms with Crippen molar-refractivity contribution in [1.82, 2.24) is 9.47 Å². The summed E-state index contributed by atoms with van der Waals surface area (Å²) in [5.41, 5.74) is 3.18. The van der Waals surface area contributed by atoms with Crippen molar-refractivity contribution in [3.8, 4) is 5.69 Å². The van der Waals surface area contributed by atoms with E-state index in [1.54, 1.807) is 6.07 Å². The fourth-order valence-corrected chi connectivity index (χ4v) is 3.65. The first-order chi connectivity index (χ1) is 14.2. The third-order valence-electron chi connectivity index (χ3n) is 5.21. The third kappa shape index (κ3) is 3.87. The molecule has 0 aliphatic carbocycles. The number of carbonyl (C=O) groups excluding carboxylic acids is 2. The van der Waals surface area contributed by atoms with E-state index in [0.717, 1.165) is 30.0 Å². The summed E-state index contributed by atoms with van der Waals surface area (Å²) in [6.07, 6.45) is 3.91. The second-order valence-electron chi connectivity index (χ2n) is 6.93. The van der Waals surface area contributed by atoms with Gasteiger partial charge in [0.15, 0.2) is 0 Å². The predicted molar refractivity (Wildman–Crippen MR) is 112 cm³/mol. The van der Waals surface area contributed by atoms with E-state index in [1.807, 2.05) is 76.5 Å². The average Bonchev–Trinajstić information content (AvgIpc) is 3.33. The van der Waals surface area contributed by atoms with Crippen LogP contribution in [0.1, 0.15) is 20.7 Å². The molecule has 6 heteroatoms. The molecule has 0 atom stereocenters. The molecule has 1 aromatic heterocycles. The lowest BCUT2D eigenvalue weighted by molar-refractivity contribution is 0.0600. The van der Waals surface area contributed by atoms with Crippen LogP contribution < -0.4 is 4.90 Å². The van der Waals surface area contributed by atoms with E-state index in [2.05, 4.69) is 4.90 Å². The molecule has 0 saturated carbocycles. The molecule has 1 aliphatic rings. The Morgan fingerprint density at radius 3 is 2.14 bits per heavy atom. The molecule has 1 aliphatic heterocycles. The van der Waals surface area contributed by atoms with E-state index in [4.69, 9.17) is 4.74 Å². The maximum Gasteiger partial charge on any atom is 0.337 e. The molecule has 6 nitrogen and oxygen atoms in total. The fraction of sp³-hybridized carbons (Fsp3) is 0.217. The summed E-state index contributed by atoms with van der Waals surface area (Å²) in [5.74, 6) is -0.292. The van der Waals surface area contributed by atoms with Crippen molar-refractivity contribution in [3.05, 3.63) is 84.2 Å². The first-order valence-corrected chi connectivity index (χ1v) is 9.62. The molecule has 148 valence electrons. The minimum atomic E-state index is -0.358. The van der Waals surface area contributed by atoms with E-state index < -0.39 is 0 Å². The summed E-state index contributed by atoms with van der Waals surface area (Å²) >= 11 is 0. The van der Waals surface area contributed by atoms with Gasteiger partial charge in [-0.05, 0) is 42.5 Å². The second-order valence-corrected chi connectivity index (χ2v) is 6.93. The van der Waals surface area contributed by atoms with Crippen LogP contribution in [0.5, 0.6) is 0 Å². The van der Waals surface area contributed by atoms with Crippen molar-refractivity contribution < 1.29 is 14.3 Å². The Morgan fingerprint density at radius 1 is 0.793 bits per heavy atom. The monoisotopic (exact) mass is 389 g/mol. The zero-order valence-corrected chi connectivity index (χ0v) is 16.3. The number of nitrogens with zero attached hydrogens (tertiary/aromatic N) is 3. The van der Waals surface area contributed by atoms with Gasteiger partial charge in [-0.2, -0.15) is 0 Å². The lowest BCUT2D eigenvalue weighted by Crippen LogP contribution is -2.49. The zero-order chi connectivity index (χ0) is 20.2. The van der Waals surface area contributed by atoms with Crippen LogP contribution in [0.4, 0.5) is 5.69 Å². The van der Waals surface area contributed by atoms with Crippen LogP contribution in [0.25, 0.3) is 5.69 Å². The summed E-state index contributed by atoms with van der Waals surface area (Å²) in [5, 5.41) is 0. The highest BCUT2D eigenvalue weighted by atomic mass is 16.5. The van der Waals surface area contributed by atoms with Gasteiger partial charge in [-0.1, -0.05) is 18.2 Å². The van der Waals surface area contributed by atoms with Crippen LogP contribution in [0.2, 0.25) is 0 Å². The number of methoxy groups -OCH3 is 1. The average molecular weight is 389 g/mol. The Hall–Kier alpha value is -3.54. The lowest BCUT2D eigenvalue weighted by atomic mass is 10.1. The molecule has 2 aromatic carbocycles. The van der Waals surface area contributed by atoms with E-state index in [9.17, 15) is 9.59 Å². The number of ether oxygens (including phenoxy) is 1. The van der Waals surface area contributed by atoms with Gasteiger partial charge in [0.1, 0.15) is 0 Å². The lowest BCUT2D eigenvalue weighted by Gasteiger charge is -2.37. The van der Waals surface area contributed by atoms with Crippen molar-refractivity contribution in [1.29, 1.82) is 0 Å². The summed E-state index contributed by atoms with van der Waals surface area (Å²) in [7, 11) is 1.38. The number of piperazine rings is 1. The maximum absolute atomic E-state index is 12.7. The van der Waals surface area contributed by atoms with Crippen LogP contribution >= 0.6 is 0 Å². The number of esters is 1. The molecular formula is C23H23N3O3. The van der Waals surface area contributed by atoms with Gasteiger partial charge >= 0.3 is 5.97 Å². The maximum atomic E-state index is 12.7. The molecule has 0 radical (unpaired) electrons. The summed E-state index contributed by atoms with van der Waals surface area (Å²) < 4.78 is 6.86. The van der Waals surface area contributed by atoms with E-state index >= 15 is 0 Å². The predicted octanol–water partition coefficient (Wildman–Crippen LogP) is 3.23. The van der Waals surface area contributed by atoms with Gasteiger partial charge in [-0.25, -0.2) is 4.79 Å². The topological polar surface area (TPSA) is 54.8 Å². The number of rotatable bonds is 4. The van der Waals surface area contributed by atoms with Crippen molar-refractivity contribution >= 4 is 17.6 Å². The van der Waals surface area contributed by atoms with Crippen LogP contribution in [0, 0.1) is 0 Å². The van der Waals surface area contributed by atoms with Gasteiger partial charge in [0.05, 0.1) is 24.0 Å². The Labute approximate surface area is 169 Å².